The van der Waals surface area contributed by atoms with Gasteiger partial charge in [0.15, 0.2) is 5.76 Å². The van der Waals surface area contributed by atoms with Crippen molar-refractivity contribution in [3.63, 3.8) is 0 Å². The minimum absolute atomic E-state index is 0.0261. The smallest absolute Gasteiger partial charge is 0.343 e. The number of ketones is 1. The molecular weight excluding hydrogens is 474 g/mol. The molecule has 0 saturated carbocycles. The fourth-order valence-corrected chi connectivity index (χ4v) is 4.46. The summed E-state index contributed by atoms with van der Waals surface area (Å²) < 4.78 is 5.87. The largest absolute Gasteiger partial charge is 0.421 e. The van der Waals surface area contributed by atoms with Crippen molar-refractivity contribution in [3.05, 3.63) is 146 Å². The highest BCUT2D eigenvalue weighted by Gasteiger charge is 2.26. The molecule has 0 aliphatic carbocycles. The van der Waals surface area contributed by atoms with Gasteiger partial charge in [-0.15, -0.1) is 0 Å². The summed E-state index contributed by atoms with van der Waals surface area (Å²) >= 11 is 0.900. The summed E-state index contributed by atoms with van der Waals surface area (Å²) in [7, 11) is 0. The van der Waals surface area contributed by atoms with Crippen LogP contribution in [0.15, 0.2) is 119 Å². The molecule has 0 amide bonds. The number of Topliss-reactive ketones (excluding diaryl/α,β-unsaturated/α-hetero) is 1. The molecule has 0 unspecified atom stereocenters. The van der Waals surface area contributed by atoms with Crippen LogP contribution in [0.25, 0.3) is 5.76 Å². The predicted molar refractivity (Wildman–Crippen MR) is 140 cm³/mol. The highest BCUT2D eigenvalue weighted by Crippen LogP contribution is 2.40. The van der Waals surface area contributed by atoms with E-state index in [0.29, 0.717) is 16.7 Å². The van der Waals surface area contributed by atoms with Crippen LogP contribution in [0.1, 0.15) is 31.8 Å². The molecule has 6 nitrogen and oxygen atoms in total. The molecule has 178 valence electrons. The molecule has 0 saturated heterocycles. The van der Waals surface area contributed by atoms with Crippen LogP contribution in [-0.4, -0.2) is 16.7 Å². The molecule has 7 heteroatoms. The molecule has 0 radical (unpaired) electrons. The first-order chi connectivity index (χ1) is 17.4. The Kier molecular flexibility index (Phi) is 7.72. The number of nitro benzene ring substituents is 1. The number of carbonyl (C=O) groups is 2. The number of aryl methyl sites for hydroxylation is 1. The van der Waals surface area contributed by atoms with Gasteiger partial charge in [0.25, 0.3) is 5.69 Å². The lowest BCUT2D eigenvalue weighted by Crippen LogP contribution is -2.11. The molecule has 0 aliphatic rings. The number of hydrogen-bond acceptors (Lipinski definition) is 6. The molecule has 4 aromatic carbocycles. The van der Waals surface area contributed by atoms with Crippen molar-refractivity contribution in [1.29, 1.82) is 0 Å². The highest BCUT2D eigenvalue weighted by atomic mass is 32.2. The average Bonchev–Trinajstić information content (AvgIpc) is 2.91. The Hall–Kier alpha value is -4.49. The van der Waals surface area contributed by atoms with Crippen LogP contribution in [0.5, 0.6) is 0 Å². The molecule has 0 spiro atoms. The molecular formula is C29H21NO5S. The molecule has 4 rings (SSSR count). The number of esters is 1. The maximum Gasteiger partial charge on any atom is 0.343 e. The summed E-state index contributed by atoms with van der Waals surface area (Å²) in [6, 6.07) is 30.3. The molecule has 0 aliphatic heterocycles. The van der Waals surface area contributed by atoms with Gasteiger partial charge in [0, 0.05) is 17.2 Å². The van der Waals surface area contributed by atoms with E-state index in [2.05, 4.69) is 0 Å². The lowest BCUT2D eigenvalue weighted by molar-refractivity contribution is -0.387. The number of rotatable bonds is 8. The number of allylic oxidation sites excluding steroid dienone is 1. The van der Waals surface area contributed by atoms with Crippen LogP contribution >= 0.6 is 11.8 Å². The van der Waals surface area contributed by atoms with Gasteiger partial charge in [0.2, 0.25) is 5.78 Å². The van der Waals surface area contributed by atoms with Gasteiger partial charge in [0.1, 0.15) is 4.91 Å². The van der Waals surface area contributed by atoms with Crippen LogP contribution in [-0.2, 0) is 4.74 Å². The second-order valence-electron chi connectivity index (χ2n) is 7.80. The topological polar surface area (TPSA) is 86.5 Å². The third-order valence-electron chi connectivity index (χ3n) is 5.24. The maximum atomic E-state index is 13.8. The standard InChI is InChI=1S/C29H21NO5S/c1-20-16-18-23(19-17-20)29(32)35-27(22-12-6-3-7-13-22)28(26(31)21-10-4-2-5-11-21)36-25-15-9-8-14-24(25)30(33)34/h2-19H,1H3. The first-order valence-corrected chi connectivity index (χ1v) is 11.9. The van der Waals surface area contributed by atoms with E-state index in [0.717, 1.165) is 17.3 Å². The lowest BCUT2D eigenvalue weighted by Gasteiger charge is -2.15. The zero-order valence-corrected chi connectivity index (χ0v) is 20.1. The van der Waals surface area contributed by atoms with Crippen molar-refractivity contribution in [2.24, 2.45) is 0 Å². The summed E-state index contributed by atoms with van der Waals surface area (Å²) in [5, 5.41) is 11.7. The molecule has 0 heterocycles. The van der Waals surface area contributed by atoms with Crippen LogP contribution in [0.3, 0.4) is 0 Å². The zero-order chi connectivity index (χ0) is 25.5. The number of benzene rings is 4. The Balaban J connectivity index is 1.90. The van der Waals surface area contributed by atoms with Crippen molar-refractivity contribution >= 4 is 35.0 Å². The van der Waals surface area contributed by atoms with Gasteiger partial charge >= 0.3 is 5.97 Å². The summed E-state index contributed by atoms with van der Waals surface area (Å²) in [6.45, 7) is 1.91. The van der Waals surface area contributed by atoms with E-state index in [1.165, 1.54) is 6.07 Å². The molecule has 0 bridgehead atoms. The minimum atomic E-state index is -0.643. The van der Waals surface area contributed by atoms with E-state index in [-0.39, 0.29) is 21.2 Å². The highest BCUT2D eigenvalue weighted by molar-refractivity contribution is 8.04. The number of carbonyl (C=O) groups excluding carboxylic acids is 2. The number of ether oxygens (including phenoxy) is 1. The monoisotopic (exact) mass is 495 g/mol. The summed E-state index contributed by atoms with van der Waals surface area (Å²) in [4.78, 5) is 38.4. The number of para-hydroxylation sites is 1. The Morgan fingerprint density at radius 3 is 1.89 bits per heavy atom. The van der Waals surface area contributed by atoms with Crippen LogP contribution in [0.2, 0.25) is 0 Å². The van der Waals surface area contributed by atoms with E-state index in [1.54, 1.807) is 103 Å². The van der Waals surface area contributed by atoms with Gasteiger partial charge in [0.05, 0.1) is 15.4 Å². The molecule has 0 aromatic heterocycles. The molecule has 0 fully saturated rings. The molecule has 0 N–H and O–H groups in total. The van der Waals surface area contributed by atoms with Crippen LogP contribution < -0.4 is 0 Å². The van der Waals surface area contributed by atoms with Crippen molar-refractivity contribution in [3.8, 4) is 0 Å². The number of nitrogens with zero attached hydrogens (tertiary/aromatic N) is 1. The summed E-state index contributed by atoms with van der Waals surface area (Å²) in [5.41, 5.74) is 1.99. The predicted octanol–water partition coefficient (Wildman–Crippen LogP) is 7.10. The Morgan fingerprint density at radius 2 is 1.28 bits per heavy atom. The van der Waals surface area contributed by atoms with Gasteiger partial charge in [-0.05, 0) is 25.1 Å². The van der Waals surface area contributed by atoms with E-state index in [4.69, 9.17) is 4.74 Å². The number of thioether (sulfide) groups is 1. The van der Waals surface area contributed by atoms with Crippen molar-refractivity contribution < 1.29 is 19.2 Å². The minimum Gasteiger partial charge on any atom is -0.421 e. The van der Waals surface area contributed by atoms with Gasteiger partial charge in [-0.2, -0.15) is 0 Å². The van der Waals surface area contributed by atoms with Crippen molar-refractivity contribution in [1.82, 2.24) is 0 Å². The zero-order valence-electron chi connectivity index (χ0n) is 19.3. The summed E-state index contributed by atoms with van der Waals surface area (Å²) in [5.74, 6) is -1.04. The first kappa shape index (κ1) is 24.6. The van der Waals surface area contributed by atoms with E-state index in [1.807, 2.05) is 6.92 Å². The SMILES string of the molecule is Cc1ccc(C(=O)OC(=C(Sc2ccccc2[N+](=O)[O-])C(=O)c2ccccc2)c2ccccc2)cc1. The van der Waals surface area contributed by atoms with Crippen LogP contribution in [0.4, 0.5) is 5.69 Å². The van der Waals surface area contributed by atoms with Crippen molar-refractivity contribution in [2.75, 3.05) is 0 Å². The number of nitro groups is 1. The molecule has 4 aromatic rings. The first-order valence-electron chi connectivity index (χ1n) is 11.0. The molecule has 0 atom stereocenters. The second kappa shape index (κ2) is 11.3. The van der Waals surface area contributed by atoms with Gasteiger partial charge in [-0.1, -0.05) is 102 Å². The van der Waals surface area contributed by atoms with Gasteiger partial charge in [-0.3, -0.25) is 14.9 Å². The van der Waals surface area contributed by atoms with Gasteiger partial charge in [-0.25, -0.2) is 4.79 Å². The maximum absolute atomic E-state index is 13.8. The van der Waals surface area contributed by atoms with E-state index < -0.39 is 16.7 Å². The molecule has 36 heavy (non-hydrogen) atoms. The third-order valence-corrected chi connectivity index (χ3v) is 6.38. The average molecular weight is 496 g/mol. The Bertz CT molecular complexity index is 1430. The Morgan fingerprint density at radius 1 is 0.722 bits per heavy atom. The third kappa shape index (κ3) is 5.76. The van der Waals surface area contributed by atoms with Gasteiger partial charge < -0.3 is 4.74 Å². The fourth-order valence-electron chi connectivity index (χ4n) is 3.39. The lowest BCUT2D eigenvalue weighted by atomic mass is 10.1. The quantitative estimate of drug-likeness (QED) is 0.0493. The second-order valence-corrected chi connectivity index (χ2v) is 8.85. The summed E-state index contributed by atoms with van der Waals surface area (Å²) in [6.07, 6.45) is 0. The van der Waals surface area contributed by atoms with Crippen LogP contribution in [0, 0.1) is 17.0 Å². The Labute approximate surface area is 212 Å². The fraction of sp³-hybridized carbons (Fsp3) is 0.0345. The van der Waals surface area contributed by atoms with Crippen molar-refractivity contribution in [2.45, 2.75) is 11.8 Å². The number of hydrogen-bond donors (Lipinski definition) is 0. The van der Waals surface area contributed by atoms with E-state index in [9.17, 15) is 19.7 Å². The van der Waals surface area contributed by atoms with E-state index >= 15 is 0 Å². The normalized spacial score (nSPS) is 11.4.